The molecule has 0 aliphatic carbocycles. The van der Waals surface area contributed by atoms with Crippen molar-refractivity contribution in [1.29, 1.82) is 0 Å². The Labute approximate surface area is 89.6 Å². The van der Waals surface area contributed by atoms with Crippen molar-refractivity contribution in [3.63, 3.8) is 0 Å². The fourth-order valence-corrected chi connectivity index (χ4v) is 1.97. The lowest BCUT2D eigenvalue weighted by Gasteiger charge is -2.38. The molecule has 2 rings (SSSR count). The van der Waals surface area contributed by atoms with Gasteiger partial charge in [0, 0.05) is 25.2 Å². The number of hydrogen-bond acceptors (Lipinski definition) is 5. The van der Waals surface area contributed by atoms with Crippen LogP contribution in [0, 0.1) is 0 Å². The van der Waals surface area contributed by atoms with Crippen molar-refractivity contribution in [3.05, 3.63) is 5.82 Å². The van der Waals surface area contributed by atoms with E-state index in [9.17, 15) is 0 Å². The monoisotopic (exact) mass is 210 g/mol. The molecule has 0 spiro atoms. The Morgan fingerprint density at radius 3 is 2.87 bits per heavy atom. The zero-order chi connectivity index (χ0) is 10.9. The molecule has 2 heterocycles. The smallest absolute Gasteiger partial charge is 0.188 e. The summed E-state index contributed by atoms with van der Waals surface area (Å²) in [6.45, 7) is 8.30. The Morgan fingerprint density at radius 1 is 1.47 bits per heavy atom. The van der Waals surface area contributed by atoms with Crippen molar-refractivity contribution in [2.75, 3.05) is 19.6 Å². The van der Waals surface area contributed by atoms with Gasteiger partial charge in [0.25, 0.3) is 0 Å². The fraction of sp³-hybridized carbons (Fsp3) is 0.889. The molecule has 0 amide bonds. The number of nitrogens with one attached hydrogen (secondary N) is 1. The molecular formula is C9H18N6. The van der Waals surface area contributed by atoms with Crippen LogP contribution in [0.1, 0.15) is 19.7 Å². The van der Waals surface area contributed by atoms with Gasteiger partial charge in [-0.1, -0.05) is 0 Å². The first kappa shape index (κ1) is 10.5. The number of aryl methyl sites for hydroxylation is 1. The second-order valence-electron chi connectivity index (χ2n) is 4.72. The lowest BCUT2D eigenvalue weighted by molar-refractivity contribution is 0.145. The van der Waals surface area contributed by atoms with E-state index in [0.29, 0.717) is 0 Å². The van der Waals surface area contributed by atoms with Gasteiger partial charge in [-0.2, -0.15) is 4.80 Å². The third-order valence-corrected chi connectivity index (χ3v) is 2.57. The molecule has 0 aromatic carbocycles. The first-order valence-electron chi connectivity index (χ1n) is 5.25. The minimum atomic E-state index is 0.181. The molecule has 15 heavy (non-hydrogen) atoms. The van der Waals surface area contributed by atoms with E-state index in [4.69, 9.17) is 0 Å². The molecular weight excluding hydrogens is 192 g/mol. The van der Waals surface area contributed by atoms with E-state index < -0.39 is 0 Å². The summed E-state index contributed by atoms with van der Waals surface area (Å²) in [5, 5.41) is 15.5. The van der Waals surface area contributed by atoms with E-state index in [1.54, 1.807) is 7.05 Å². The lowest BCUT2D eigenvalue weighted by atomic mass is 10.0. The summed E-state index contributed by atoms with van der Waals surface area (Å²) >= 11 is 0. The maximum atomic E-state index is 4.18. The van der Waals surface area contributed by atoms with E-state index in [-0.39, 0.29) is 5.54 Å². The molecule has 0 bridgehead atoms. The van der Waals surface area contributed by atoms with Crippen LogP contribution in [0.2, 0.25) is 0 Å². The molecule has 6 heteroatoms. The van der Waals surface area contributed by atoms with E-state index >= 15 is 0 Å². The van der Waals surface area contributed by atoms with E-state index in [1.165, 1.54) is 4.80 Å². The summed E-state index contributed by atoms with van der Waals surface area (Å²) in [5.74, 6) is 0.801. The Balaban J connectivity index is 1.95. The summed E-state index contributed by atoms with van der Waals surface area (Å²) in [7, 11) is 1.79. The van der Waals surface area contributed by atoms with Gasteiger partial charge >= 0.3 is 0 Å². The van der Waals surface area contributed by atoms with Crippen LogP contribution in [-0.2, 0) is 13.6 Å². The summed E-state index contributed by atoms with van der Waals surface area (Å²) in [5.41, 5.74) is 0.181. The Bertz CT molecular complexity index is 331. The number of piperazine rings is 1. The molecule has 1 N–H and O–H groups in total. The highest BCUT2D eigenvalue weighted by molar-refractivity contribution is 4.89. The number of tetrazole rings is 1. The van der Waals surface area contributed by atoms with E-state index in [0.717, 1.165) is 32.0 Å². The SMILES string of the molecule is Cn1nnc(CN2CCNC(C)(C)C2)n1. The molecule has 1 aromatic rings. The molecule has 1 aliphatic heterocycles. The highest BCUT2D eigenvalue weighted by Crippen LogP contribution is 2.11. The Hall–Kier alpha value is -1.01. The van der Waals surface area contributed by atoms with Crippen LogP contribution < -0.4 is 5.32 Å². The van der Waals surface area contributed by atoms with Crippen molar-refractivity contribution in [2.45, 2.75) is 25.9 Å². The maximum absolute atomic E-state index is 4.18. The van der Waals surface area contributed by atoms with Crippen molar-refractivity contribution >= 4 is 0 Å². The Morgan fingerprint density at radius 2 is 2.27 bits per heavy atom. The minimum absolute atomic E-state index is 0.181. The highest BCUT2D eigenvalue weighted by atomic mass is 15.6. The molecule has 1 saturated heterocycles. The molecule has 0 radical (unpaired) electrons. The lowest BCUT2D eigenvalue weighted by Crippen LogP contribution is -2.56. The van der Waals surface area contributed by atoms with Gasteiger partial charge in [-0.05, 0) is 19.1 Å². The largest absolute Gasteiger partial charge is 0.309 e. The third kappa shape index (κ3) is 2.73. The summed E-state index contributed by atoms with van der Waals surface area (Å²) < 4.78 is 0. The van der Waals surface area contributed by atoms with E-state index in [2.05, 4.69) is 39.5 Å². The van der Waals surface area contributed by atoms with Crippen molar-refractivity contribution in [2.24, 2.45) is 7.05 Å². The number of rotatable bonds is 2. The van der Waals surface area contributed by atoms with Gasteiger partial charge < -0.3 is 5.32 Å². The molecule has 0 unspecified atom stereocenters. The second-order valence-corrected chi connectivity index (χ2v) is 4.72. The Kier molecular flexibility index (Phi) is 2.70. The van der Waals surface area contributed by atoms with E-state index in [1.807, 2.05) is 0 Å². The molecule has 6 nitrogen and oxygen atoms in total. The topological polar surface area (TPSA) is 58.9 Å². The predicted molar refractivity (Wildman–Crippen MR) is 56.2 cm³/mol. The summed E-state index contributed by atoms with van der Waals surface area (Å²) in [6.07, 6.45) is 0. The normalized spacial score (nSPS) is 21.8. The minimum Gasteiger partial charge on any atom is -0.309 e. The van der Waals surface area contributed by atoms with Crippen LogP contribution in [-0.4, -0.2) is 50.3 Å². The molecule has 1 aromatic heterocycles. The average molecular weight is 210 g/mol. The summed E-state index contributed by atoms with van der Waals surface area (Å²) in [4.78, 5) is 3.86. The number of hydrogen-bond donors (Lipinski definition) is 1. The molecule has 1 fully saturated rings. The molecule has 1 aliphatic rings. The van der Waals surface area contributed by atoms with Gasteiger partial charge in [-0.15, -0.1) is 10.2 Å². The van der Waals surface area contributed by atoms with Gasteiger partial charge in [0.2, 0.25) is 0 Å². The van der Waals surface area contributed by atoms with Crippen LogP contribution in [0.5, 0.6) is 0 Å². The van der Waals surface area contributed by atoms with Crippen molar-refractivity contribution in [3.8, 4) is 0 Å². The van der Waals surface area contributed by atoms with Gasteiger partial charge in [-0.3, -0.25) is 4.90 Å². The number of nitrogens with zero attached hydrogens (tertiary/aromatic N) is 5. The summed E-state index contributed by atoms with van der Waals surface area (Å²) in [6, 6.07) is 0. The van der Waals surface area contributed by atoms with Crippen LogP contribution in [0.25, 0.3) is 0 Å². The maximum Gasteiger partial charge on any atom is 0.188 e. The first-order chi connectivity index (χ1) is 7.05. The molecule has 0 saturated carbocycles. The van der Waals surface area contributed by atoms with Crippen LogP contribution in [0.15, 0.2) is 0 Å². The highest BCUT2D eigenvalue weighted by Gasteiger charge is 2.26. The van der Waals surface area contributed by atoms with Crippen LogP contribution in [0.3, 0.4) is 0 Å². The first-order valence-corrected chi connectivity index (χ1v) is 5.25. The zero-order valence-electron chi connectivity index (χ0n) is 9.56. The molecule has 84 valence electrons. The number of aromatic nitrogens is 4. The van der Waals surface area contributed by atoms with Gasteiger partial charge in [0.1, 0.15) is 0 Å². The van der Waals surface area contributed by atoms with Crippen molar-refractivity contribution < 1.29 is 0 Å². The standard InChI is InChI=1S/C9H18N6/c1-9(2)7-15(5-4-10-9)6-8-11-13-14(3)12-8/h10H,4-7H2,1-3H3. The molecule has 0 atom stereocenters. The van der Waals surface area contributed by atoms with Crippen LogP contribution in [0.4, 0.5) is 0 Å². The zero-order valence-corrected chi connectivity index (χ0v) is 9.56. The van der Waals surface area contributed by atoms with Crippen molar-refractivity contribution in [1.82, 2.24) is 30.4 Å². The van der Waals surface area contributed by atoms with Gasteiger partial charge in [0.05, 0.1) is 13.6 Å². The second kappa shape index (κ2) is 3.86. The average Bonchev–Trinajstić information content (AvgIpc) is 2.49. The van der Waals surface area contributed by atoms with Gasteiger partial charge in [-0.25, -0.2) is 0 Å². The fourth-order valence-electron chi connectivity index (χ4n) is 1.97. The van der Waals surface area contributed by atoms with Gasteiger partial charge in [0.15, 0.2) is 5.82 Å². The third-order valence-electron chi connectivity index (χ3n) is 2.57. The quantitative estimate of drug-likeness (QED) is 0.706. The predicted octanol–water partition coefficient (Wildman–Crippen LogP) is -0.606. The van der Waals surface area contributed by atoms with Crippen LogP contribution >= 0.6 is 0 Å².